The first-order chi connectivity index (χ1) is 7.70. The zero-order valence-corrected chi connectivity index (χ0v) is 9.48. The summed E-state index contributed by atoms with van der Waals surface area (Å²) in [6.07, 6.45) is 6.45. The zero-order valence-electron chi connectivity index (χ0n) is 9.48. The highest BCUT2D eigenvalue weighted by molar-refractivity contribution is 5.76. The van der Waals surface area contributed by atoms with Crippen molar-refractivity contribution in [3.05, 3.63) is 22.9 Å². The molecule has 0 bridgehead atoms. The minimum atomic E-state index is -0.104. The maximum absolute atomic E-state index is 11.7. The molecule has 1 saturated carbocycles. The third-order valence-electron chi connectivity index (χ3n) is 2.64. The number of aryl methyl sites for hydroxylation is 1. The zero-order chi connectivity index (χ0) is 11.5. The van der Waals surface area contributed by atoms with E-state index in [0.29, 0.717) is 12.6 Å². The quantitative estimate of drug-likeness (QED) is 0.782. The second-order valence-electron chi connectivity index (χ2n) is 4.24. The molecule has 1 N–H and O–H groups in total. The van der Waals surface area contributed by atoms with Gasteiger partial charge in [-0.1, -0.05) is 6.92 Å². The fourth-order valence-electron chi connectivity index (χ4n) is 1.64. The van der Waals surface area contributed by atoms with Crippen LogP contribution in [0.2, 0.25) is 0 Å². The summed E-state index contributed by atoms with van der Waals surface area (Å²) < 4.78 is 3.08. The molecule has 0 radical (unpaired) electrons. The van der Waals surface area contributed by atoms with Crippen LogP contribution >= 0.6 is 0 Å². The third kappa shape index (κ3) is 2.53. The highest BCUT2D eigenvalue weighted by atomic mass is 16.2. The molecule has 2 rings (SSSR count). The molecule has 1 aromatic rings. The van der Waals surface area contributed by atoms with Crippen molar-refractivity contribution < 1.29 is 4.79 Å². The Morgan fingerprint density at radius 3 is 2.75 bits per heavy atom. The molecule has 0 saturated heterocycles. The number of hydrogen-bond donors (Lipinski definition) is 1. The molecular formula is C11H17N3O2. The van der Waals surface area contributed by atoms with Gasteiger partial charge in [0.2, 0.25) is 5.91 Å². The number of rotatable bonds is 5. The van der Waals surface area contributed by atoms with Crippen LogP contribution in [-0.2, 0) is 17.9 Å². The number of imidazole rings is 1. The third-order valence-corrected chi connectivity index (χ3v) is 2.64. The lowest BCUT2D eigenvalue weighted by atomic mass is 10.5. The summed E-state index contributed by atoms with van der Waals surface area (Å²) in [7, 11) is 0. The topological polar surface area (TPSA) is 56.0 Å². The van der Waals surface area contributed by atoms with Gasteiger partial charge in [-0.15, -0.1) is 0 Å². The molecule has 1 amide bonds. The van der Waals surface area contributed by atoms with E-state index in [9.17, 15) is 9.59 Å². The summed E-state index contributed by atoms with van der Waals surface area (Å²) in [6, 6.07) is 0.348. The molecule has 1 aliphatic rings. The van der Waals surface area contributed by atoms with Crippen LogP contribution in [0.1, 0.15) is 26.2 Å². The second-order valence-corrected chi connectivity index (χ2v) is 4.24. The monoisotopic (exact) mass is 223 g/mol. The maximum atomic E-state index is 11.7. The lowest BCUT2D eigenvalue weighted by Crippen LogP contribution is -2.33. The van der Waals surface area contributed by atoms with E-state index < -0.39 is 0 Å². The number of amides is 1. The van der Waals surface area contributed by atoms with E-state index >= 15 is 0 Å². The van der Waals surface area contributed by atoms with Crippen molar-refractivity contribution in [2.45, 2.75) is 45.3 Å². The number of carbonyl (C=O) groups excluding carboxylic acids is 1. The number of nitrogens with one attached hydrogen (secondary N) is 1. The SMILES string of the molecule is CCCn1ccn(CC(=O)NC2CC2)c1=O. The molecule has 1 aromatic heterocycles. The minimum Gasteiger partial charge on any atom is -0.352 e. The van der Waals surface area contributed by atoms with Crippen molar-refractivity contribution in [3.63, 3.8) is 0 Å². The predicted octanol–water partition coefficient (Wildman–Crippen LogP) is 0.338. The molecule has 0 unspecified atom stereocenters. The number of carbonyl (C=O) groups is 1. The first-order valence-corrected chi connectivity index (χ1v) is 5.75. The Morgan fingerprint density at radius 1 is 1.44 bits per heavy atom. The first kappa shape index (κ1) is 11.0. The first-order valence-electron chi connectivity index (χ1n) is 5.75. The van der Waals surface area contributed by atoms with Crippen LogP contribution in [-0.4, -0.2) is 21.1 Å². The van der Waals surface area contributed by atoms with E-state index in [1.54, 1.807) is 17.0 Å². The van der Waals surface area contributed by atoms with E-state index in [1.165, 1.54) is 4.57 Å². The van der Waals surface area contributed by atoms with Gasteiger partial charge in [0.05, 0.1) is 0 Å². The molecule has 5 nitrogen and oxygen atoms in total. The van der Waals surface area contributed by atoms with Gasteiger partial charge in [-0.25, -0.2) is 4.79 Å². The summed E-state index contributed by atoms with van der Waals surface area (Å²) in [5.41, 5.74) is -0.104. The smallest absolute Gasteiger partial charge is 0.328 e. The van der Waals surface area contributed by atoms with Crippen LogP contribution in [0.5, 0.6) is 0 Å². The van der Waals surface area contributed by atoms with Crippen LogP contribution < -0.4 is 11.0 Å². The molecule has 1 heterocycles. The van der Waals surface area contributed by atoms with Crippen molar-refractivity contribution in [2.24, 2.45) is 0 Å². The number of hydrogen-bond acceptors (Lipinski definition) is 2. The normalized spacial score (nSPS) is 15.1. The standard InChI is InChI=1S/C11H17N3O2/c1-2-5-13-6-7-14(11(13)16)8-10(15)12-9-3-4-9/h6-7,9H,2-5,8H2,1H3,(H,12,15). The molecule has 0 aromatic carbocycles. The predicted molar refractivity (Wildman–Crippen MR) is 60.1 cm³/mol. The summed E-state index contributed by atoms with van der Waals surface area (Å²) >= 11 is 0. The highest BCUT2D eigenvalue weighted by Gasteiger charge is 2.23. The van der Waals surface area contributed by atoms with Crippen molar-refractivity contribution in [1.29, 1.82) is 0 Å². The number of aromatic nitrogens is 2. The van der Waals surface area contributed by atoms with E-state index in [1.807, 2.05) is 6.92 Å². The Bertz CT molecular complexity index is 429. The van der Waals surface area contributed by atoms with Gasteiger partial charge in [0.15, 0.2) is 0 Å². The van der Waals surface area contributed by atoms with Crippen LogP contribution in [0.25, 0.3) is 0 Å². The van der Waals surface area contributed by atoms with E-state index in [-0.39, 0.29) is 18.1 Å². The lowest BCUT2D eigenvalue weighted by Gasteiger charge is -2.03. The summed E-state index contributed by atoms with van der Waals surface area (Å²) in [4.78, 5) is 23.2. The van der Waals surface area contributed by atoms with Crippen molar-refractivity contribution >= 4 is 5.91 Å². The lowest BCUT2D eigenvalue weighted by molar-refractivity contribution is -0.121. The fourth-order valence-corrected chi connectivity index (χ4v) is 1.64. The van der Waals surface area contributed by atoms with Crippen molar-refractivity contribution in [2.75, 3.05) is 0 Å². The second kappa shape index (κ2) is 4.55. The summed E-state index contributed by atoms with van der Waals surface area (Å²) in [5.74, 6) is -0.0705. The highest BCUT2D eigenvalue weighted by Crippen LogP contribution is 2.18. The average molecular weight is 223 g/mol. The van der Waals surface area contributed by atoms with Crippen molar-refractivity contribution in [3.8, 4) is 0 Å². The van der Waals surface area contributed by atoms with Gasteiger partial charge in [-0.05, 0) is 19.3 Å². The summed E-state index contributed by atoms with van der Waals surface area (Å²) in [5, 5.41) is 2.86. The minimum absolute atomic E-state index is 0.0705. The molecule has 1 fully saturated rings. The summed E-state index contributed by atoms with van der Waals surface area (Å²) in [6.45, 7) is 2.85. The Kier molecular flexibility index (Phi) is 3.12. The fraction of sp³-hybridized carbons (Fsp3) is 0.636. The van der Waals surface area contributed by atoms with Crippen LogP contribution in [0.15, 0.2) is 17.2 Å². The van der Waals surface area contributed by atoms with Crippen LogP contribution in [0, 0.1) is 0 Å². The molecular weight excluding hydrogens is 206 g/mol. The molecule has 0 spiro atoms. The molecule has 5 heteroatoms. The van der Waals surface area contributed by atoms with Gasteiger partial charge in [0.1, 0.15) is 6.54 Å². The molecule has 88 valence electrons. The molecule has 16 heavy (non-hydrogen) atoms. The molecule has 0 aliphatic heterocycles. The van der Waals surface area contributed by atoms with Gasteiger partial charge in [0.25, 0.3) is 0 Å². The molecule has 0 atom stereocenters. The Labute approximate surface area is 94.1 Å². The van der Waals surface area contributed by atoms with E-state index in [2.05, 4.69) is 5.32 Å². The van der Waals surface area contributed by atoms with Crippen LogP contribution in [0.3, 0.4) is 0 Å². The van der Waals surface area contributed by atoms with Crippen LogP contribution in [0.4, 0.5) is 0 Å². The van der Waals surface area contributed by atoms with Gasteiger partial charge in [-0.2, -0.15) is 0 Å². The Balaban J connectivity index is 1.97. The van der Waals surface area contributed by atoms with Gasteiger partial charge < -0.3 is 5.32 Å². The number of nitrogens with zero attached hydrogens (tertiary/aromatic N) is 2. The Morgan fingerprint density at radius 2 is 2.12 bits per heavy atom. The van der Waals surface area contributed by atoms with E-state index in [0.717, 1.165) is 19.3 Å². The van der Waals surface area contributed by atoms with E-state index in [4.69, 9.17) is 0 Å². The largest absolute Gasteiger partial charge is 0.352 e. The van der Waals surface area contributed by atoms with Gasteiger partial charge in [0, 0.05) is 25.0 Å². The molecule has 1 aliphatic carbocycles. The van der Waals surface area contributed by atoms with Gasteiger partial charge in [-0.3, -0.25) is 13.9 Å². The maximum Gasteiger partial charge on any atom is 0.328 e. The van der Waals surface area contributed by atoms with Gasteiger partial charge >= 0.3 is 5.69 Å². The Hall–Kier alpha value is -1.52. The average Bonchev–Trinajstić information content (AvgIpc) is 2.99. The van der Waals surface area contributed by atoms with Crippen molar-refractivity contribution in [1.82, 2.24) is 14.5 Å².